The second-order valence-corrected chi connectivity index (χ2v) is 13.9. The highest BCUT2D eigenvalue weighted by Crippen LogP contribution is 2.31. The fourth-order valence-corrected chi connectivity index (χ4v) is 7.02. The Morgan fingerprint density at radius 2 is 1.98 bits per heavy atom. The molecule has 1 amide bonds. The van der Waals surface area contributed by atoms with Gasteiger partial charge in [0.1, 0.15) is 16.1 Å². The standard InChI is InChI=1S/C28H33Cl2N3O5S2/c1-18-14-33(19(2)17-34)27(35)13-21-12-22(31-40(36,37)28-5-4-10-39-28)7-9-25(21)38-26(18)16-32(3)15-20-6-8-23(29)24(30)11-20/h4-12,18-19,26,31,34H,13-17H2,1-3H3/t18-,19+,26+/m0/s1. The van der Waals surface area contributed by atoms with Gasteiger partial charge in [-0.3, -0.25) is 14.4 Å². The number of likely N-dealkylation sites (N-methyl/N-ethyl adjacent to an activating group) is 1. The van der Waals surface area contributed by atoms with Crippen LogP contribution >= 0.6 is 34.5 Å². The monoisotopic (exact) mass is 625 g/mol. The van der Waals surface area contributed by atoms with E-state index in [4.69, 9.17) is 27.9 Å². The molecule has 1 aliphatic rings. The van der Waals surface area contributed by atoms with Crippen molar-refractivity contribution in [2.75, 3.05) is 31.5 Å². The summed E-state index contributed by atoms with van der Waals surface area (Å²) >= 11 is 13.4. The molecule has 0 bridgehead atoms. The number of hydrogen-bond donors (Lipinski definition) is 2. The Bertz CT molecular complexity index is 1440. The zero-order chi connectivity index (χ0) is 29.0. The van der Waals surface area contributed by atoms with Gasteiger partial charge in [-0.25, -0.2) is 8.42 Å². The molecule has 0 spiro atoms. The van der Waals surface area contributed by atoms with Gasteiger partial charge in [0.15, 0.2) is 0 Å². The Morgan fingerprint density at radius 1 is 1.20 bits per heavy atom. The van der Waals surface area contributed by atoms with Crippen molar-refractivity contribution in [3.8, 4) is 5.75 Å². The lowest BCUT2D eigenvalue weighted by Gasteiger charge is -2.34. The van der Waals surface area contributed by atoms with Crippen molar-refractivity contribution in [2.45, 2.75) is 43.2 Å². The maximum atomic E-state index is 13.4. The van der Waals surface area contributed by atoms with Gasteiger partial charge in [0, 0.05) is 36.8 Å². The Kier molecular flexibility index (Phi) is 10.0. The SMILES string of the molecule is C[C@H](CO)N1C[C@H](C)[C@@H](CN(C)Cc2ccc(Cl)c(Cl)c2)Oc2ccc(NS(=O)(=O)c3cccs3)cc2CC1=O. The van der Waals surface area contributed by atoms with Crippen molar-refractivity contribution in [3.05, 3.63) is 75.1 Å². The number of thiophene rings is 1. The zero-order valence-corrected chi connectivity index (χ0v) is 25.7. The number of rotatable bonds is 9. The van der Waals surface area contributed by atoms with Gasteiger partial charge >= 0.3 is 0 Å². The van der Waals surface area contributed by atoms with Crippen LogP contribution < -0.4 is 9.46 Å². The Labute approximate surface area is 249 Å². The molecule has 3 atom stereocenters. The number of fused-ring (bicyclic) bond motifs is 1. The minimum atomic E-state index is -3.76. The molecule has 0 unspecified atom stereocenters. The molecule has 40 heavy (non-hydrogen) atoms. The van der Waals surface area contributed by atoms with E-state index in [1.54, 1.807) is 47.5 Å². The van der Waals surface area contributed by atoms with Crippen molar-refractivity contribution in [3.63, 3.8) is 0 Å². The largest absolute Gasteiger partial charge is 0.488 e. The minimum Gasteiger partial charge on any atom is -0.488 e. The van der Waals surface area contributed by atoms with E-state index in [2.05, 4.69) is 9.62 Å². The quantitative estimate of drug-likeness (QED) is 0.342. The van der Waals surface area contributed by atoms with E-state index in [1.807, 2.05) is 26.1 Å². The van der Waals surface area contributed by atoms with Crippen LogP contribution in [0.4, 0.5) is 5.69 Å². The van der Waals surface area contributed by atoms with Crippen molar-refractivity contribution >= 4 is 56.2 Å². The first-order valence-electron chi connectivity index (χ1n) is 12.9. The normalized spacial score (nSPS) is 18.9. The number of anilines is 1. The number of amides is 1. The second-order valence-electron chi connectivity index (χ2n) is 10.2. The number of carbonyl (C=O) groups excluding carboxylic acids is 1. The zero-order valence-electron chi connectivity index (χ0n) is 22.5. The molecule has 1 aromatic heterocycles. The van der Waals surface area contributed by atoms with Gasteiger partial charge in [-0.2, -0.15) is 0 Å². The highest BCUT2D eigenvalue weighted by molar-refractivity contribution is 7.94. The maximum absolute atomic E-state index is 13.4. The molecule has 4 rings (SSSR count). The van der Waals surface area contributed by atoms with Crippen molar-refractivity contribution in [1.82, 2.24) is 9.80 Å². The van der Waals surface area contributed by atoms with Gasteiger partial charge in [-0.1, -0.05) is 42.3 Å². The molecule has 0 saturated heterocycles. The van der Waals surface area contributed by atoms with E-state index < -0.39 is 10.0 Å². The number of sulfonamides is 1. The van der Waals surface area contributed by atoms with Gasteiger partial charge in [-0.15, -0.1) is 11.3 Å². The van der Waals surface area contributed by atoms with Crippen LogP contribution in [0.2, 0.25) is 10.0 Å². The lowest BCUT2D eigenvalue weighted by atomic mass is 10.0. The lowest BCUT2D eigenvalue weighted by Crippen LogP contribution is -2.47. The summed E-state index contributed by atoms with van der Waals surface area (Å²) < 4.78 is 35.0. The minimum absolute atomic E-state index is 0.00674. The van der Waals surface area contributed by atoms with E-state index in [-0.39, 0.29) is 41.2 Å². The van der Waals surface area contributed by atoms with Crippen LogP contribution in [-0.4, -0.2) is 68.1 Å². The van der Waals surface area contributed by atoms with Crippen LogP contribution in [0, 0.1) is 5.92 Å². The molecule has 12 heteroatoms. The fourth-order valence-electron chi connectivity index (χ4n) is 4.65. The van der Waals surface area contributed by atoms with Gasteiger partial charge in [-0.05, 0) is 61.3 Å². The molecule has 8 nitrogen and oxygen atoms in total. The molecule has 2 heterocycles. The lowest BCUT2D eigenvalue weighted by molar-refractivity contribution is -0.134. The third kappa shape index (κ3) is 7.48. The highest BCUT2D eigenvalue weighted by atomic mass is 35.5. The van der Waals surface area contributed by atoms with Crippen molar-refractivity contribution in [1.29, 1.82) is 0 Å². The molecular weight excluding hydrogens is 593 g/mol. The van der Waals surface area contributed by atoms with E-state index in [9.17, 15) is 18.3 Å². The number of carbonyl (C=O) groups is 1. The molecule has 2 N–H and O–H groups in total. The Morgan fingerprint density at radius 3 is 2.65 bits per heavy atom. The van der Waals surface area contributed by atoms with E-state index in [0.29, 0.717) is 46.7 Å². The summed E-state index contributed by atoms with van der Waals surface area (Å²) in [6.07, 6.45) is -0.299. The summed E-state index contributed by atoms with van der Waals surface area (Å²) in [6.45, 7) is 5.21. The smallest absolute Gasteiger partial charge is 0.271 e. The van der Waals surface area contributed by atoms with Crippen LogP contribution in [-0.2, 0) is 27.8 Å². The van der Waals surface area contributed by atoms with E-state index in [1.165, 1.54) is 6.07 Å². The van der Waals surface area contributed by atoms with E-state index in [0.717, 1.165) is 16.9 Å². The molecule has 216 valence electrons. The number of halogens is 2. The van der Waals surface area contributed by atoms with Crippen molar-refractivity contribution < 1.29 is 23.1 Å². The first-order valence-corrected chi connectivity index (χ1v) is 16.0. The number of hydrogen-bond acceptors (Lipinski definition) is 7. The number of ether oxygens (including phenoxy) is 1. The highest BCUT2D eigenvalue weighted by Gasteiger charge is 2.31. The maximum Gasteiger partial charge on any atom is 0.271 e. The molecule has 0 saturated carbocycles. The number of aliphatic hydroxyl groups excluding tert-OH is 1. The van der Waals surface area contributed by atoms with Crippen LogP contribution in [0.1, 0.15) is 25.0 Å². The molecule has 3 aromatic rings. The van der Waals surface area contributed by atoms with Gasteiger partial charge in [0.05, 0.1) is 29.1 Å². The average molecular weight is 627 g/mol. The average Bonchev–Trinajstić information content (AvgIpc) is 3.46. The predicted molar refractivity (Wildman–Crippen MR) is 160 cm³/mol. The second kappa shape index (κ2) is 13.1. The summed E-state index contributed by atoms with van der Waals surface area (Å²) in [6, 6.07) is 13.4. The molecule has 1 aliphatic heterocycles. The number of benzene rings is 2. The van der Waals surface area contributed by atoms with Crippen LogP contribution in [0.25, 0.3) is 0 Å². The van der Waals surface area contributed by atoms with Crippen LogP contribution in [0.15, 0.2) is 58.1 Å². The first kappa shape index (κ1) is 30.6. The summed E-state index contributed by atoms with van der Waals surface area (Å²) in [5.41, 5.74) is 1.91. The molecule has 2 aromatic carbocycles. The predicted octanol–water partition coefficient (Wildman–Crippen LogP) is 5.14. The summed E-state index contributed by atoms with van der Waals surface area (Å²) in [5.74, 6) is 0.282. The number of nitrogens with zero attached hydrogens (tertiary/aromatic N) is 2. The fraction of sp³-hybridized carbons (Fsp3) is 0.393. The Hall–Kier alpha value is -2.34. The summed E-state index contributed by atoms with van der Waals surface area (Å²) in [4.78, 5) is 17.2. The third-order valence-corrected chi connectivity index (χ3v) is 10.4. The molecule has 0 fully saturated rings. The van der Waals surface area contributed by atoms with E-state index >= 15 is 0 Å². The molecular formula is C28H33Cl2N3O5S2. The number of aliphatic hydroxyl groups is 1. The van der Waals surface area contributed by atoms with Crippen molar-refractivity contribution in [2.24, 2.45) is 5.92 Å². The van der Waals surface area contributed by atoms with Gasteiger partial charge in [0.25, 0.3) is 10.0 Å². The van der Waals surface area contributed by atoms with Gasteiger partial charge in [0.2, 0.25) is 5.91 Å². The molecule has 0 aliphatic carbocycles. The third-order valence-electron chi connectivity index (χ3n) is 6.86. The number of nitrogens with one attached hydrogen (secondary N) is 1. The summed E-state index contributed by atoms with van der Waals surface area (Å²) in [7, 11) is -1.78. The topological polar surface area (TPSA) is 99.2 Å². The van der Waals surface area contributed by atoms with Gasteiger partial charge < -0.3 is 14.7 Å². The first-order chi connectivity index (χ1) is 19.0. The summed E-state index contributed by atoms with van der Waals surface area (Å²) in [5, 5.41) is 12.6. The molecule has 0 radical (unpaired) electrons. The van der Waals surface area contributed by atoms with Crippen LogP contribution in [0.3, 0.4) is 0 Å². The Balaban J connectivity index is 1.62. The van der Waals surface area contributed by atoms with Crippen LogP contribution in [0.5, 0.6) is 5.75 Å².